The van der Waals surface area contributed by atoms with Crippen LogP contribution in [0.5, 0.6) is 5.75 Å². The number of rotatable bonds is 1. The third-order valence-electron chi connectivity index (χ3n) is 2.45. The maximum absolute atomic E-state index is 9.51. The maximum Gasteiger partial charge on any atom is 0.116 e. The first-order chi connectivity index (χ1) is 7.15. The van der Waals surface area contributed by atoms with E-state index in [1.165, 1.54) is 5.56 Å². The summed E-state index contributed by atoms with van der Waals surface area (Å²) in [6.07, 6.45) is 0. The maximum atomic E-state index is 9.51. The Balaban J connectivity index is 2.49. The molecule has 0 bridgehead atoms. The summed E-state index contributed by atoms with van der Waals surface area (Å²) >= 11 is 0. The number of phenolic OH excluding ortho intramolecular Hbond substituents is 1. The highest BCUT2D eigenvalue weighted by atomic mass is 16.3. The average Bonchev–Trinajstić information content (AvgIpc) is 2.17. The first-order valence-corrected chi connectivity index (χ1v) is 5.03. The molecule has 1 nitrogen and oxygen atoms in total. The third-order valence-corrected chi connectivity index (χ3v) is 2.45. The first-order valence-electron chi connectivity index (χ1n) is 5.03. The van der Waals surface area contributed by atoms with Crippen molar-refractivity contribution >= 4 is 0 Å². The molecule has 0 amide bonds. The summed E-state index contributed by atoms with van der Waals surface area (Å²) in [6, 6.07) is 13.9. The Bertz CT molecular complexity index is 449. The van der Waals surface area contributed by atoms with Crippen molar-refractivity contribution in [3.05, 3.63) is 53.6 Å². The molecule has 0 aromatic heterocycles. The molecule has 0 atom stereocenters. The summed E-state index contributed by atoms with van der Waals surface area (Å²) in [5, 5.41) is 9.51. The van der Waals surface area contributed by atoms with Crippen LogP contribution in [0.1, 0.15) is 11.1 Å². The highest BCUT2D eigenvalue weighted by Gasteiger charge is 2.00. The van der Waals surface area contributed by atoms with Crippen molar-refractivity contribution in [1.29, 1.82) is 0 Å². The van der Waals surface area contributed by atoms with Crippen molar-refractivity contribution in [2.24, 2.45) is 0 Å². The van der Waals surface area contributed by atoms with Crippen molar-refractivity contribution < 1.29 is 5.11 Å². The molecular formula is C14H14O. The topological polar surface area (TPSA) is 20.2 Å². The van der Waals surface area contributed by atoms with Crippen LogP contribution in [0.2, 0.25) is 0 Å². The zero-order valence-corrected chi connectivity index (χ0v) is 8.99. The second-order valence-corrected chi connectivity index (χ2v) is 3.92. The quantitative estimate of drug-likeness (QED) is 0.741. The predicted octanol–water partition coefficient (Wildman–Crippen LogP) is 3.68. The molecule has 1 heteroatoms. The minimum absolute atomic E-state index is 0.325. The Kier molecular flexibility index (Phi) is 2.46. The Labute approximate surface area is 90.0 Å². The van der Waals surface area contributed by atoms with Crippen molar-refractivity contribution in [3.63, 3.8) is 0 Å². The second kappa shape index (κ2) is 3.77. The molecule has 2 aromatic rings. The van der Waals surface area contributed by atoms with Crippen LogP contribution in [0.3, 0.4) is 0 Å². The van der Waals surface area contributed by atoms with E-state index in [2.05, 4.69) is 37.3 Å². The molecule has 0 fully saturated rings. The zero-order chi connectivity index (χ0) is 10.8. The van der Waals surface area contributed by atoms with Gasteiger partial charge < -0.3 is 5.11 Å². The van der Waals surface area contributed by atoms with Crippen LogP contribution in [-0.4, -0.2) is 5.11 Å². The van der Waals surface area contributed by atoms with Gasteiger partial charge in [-0.2, -0.15) is 0 Å². The van der Waals surface area contributed by atoms with Gasteiger partial charge in [-0.3, -0.25) is 0 Å². The van der Waals surface area contributed by atoms with Crippen molar-refractivity contribution in [2.45, 2.75) is 13.8 Å². The summed E-state index contributed by atoms with van der Waals surface area (Å²) in [4.78, 5) is 0. The molecule has 0 aliphatic heterocycles. The molecule has 0 spiro atoms. The van der Waals surface area contributed by atoms with E-state index >= 15 is 0 Å². The van der Waals surface area contributed by atoms with Crippen LogP contribution in [0, 0.1) is 13.8 Å². The van der Waals surface area contributed by atoms with Gasteiger partial charge in [-0.25, -0.2) is 0 Å². The lowest BCUT2D eigenvalue weighted by molar-refractivity contribution is 0.475. The monoisotopic (exact) mass is 198 g/mol. The highest BCUT2D eigenvalue weighted by Crippen LogP contribution is 2.25. The lowest BCUT2D eigenvalue weighted by atomic mass is 10.0. The number of phenols is 1. The first kappa shape index (κ1) is 9.78. The van der Waals surface area contributed by atoms with Crippen LogP contribution in [-0.2, 0) is 0 Å². The van der Waals surface area contributed by atoms with Gasteiger partial charge in [-0.05, 0) is 42.7 Å². The van der Waals surface area contributed by atoms with Gasteiger partial charge in [0.2, 0.25) is 0 Å². The average molecular weight is 198 g/mol. The van der Waals surface area contributed by atoms with E-state index in [-0.39, 0.29) is 0 Å². The van der Waals surface area contributed by atoms with Crippen LogP contribution in [0.4, 0.5) is 0 Å². The van der Waals surface area contributed by atoms with Crippen LogP contribution >= 0.6 is 0 Å². The van der Waals surface area contributed by atoms with Crippen molar-refractivity contribution in [3.8, 4) is 16.9 Å². The molecular weight excluding hydrogens is 184 g/mol. The summed E-state index contributed by atoms with van der Waals surface area (Å²) in [6.45, 7) is 4.05. The fraction of sp³-hybridized carbons (Fsp3) is 0.143. The lowest BCUT2D eigenvalue weighted by Crippen LogP contribution is -1.80. The van der Waals surface area contributed by atoms with Crippen molar-refractivity contribution in [1.82, 2.24) is 0 Å². The van der Waals surface area contributed by atoms with E-state index in [1.54, 1.807) is 12.1 Å². The Morgan fingerprint density at radius 2 is 1.40 bits per heavy atom. The molecule has 2 aromatic carbocycles. The molecule has 1 N–H and O–H groups in total. The number of benzene rings is 2. The molecule has 15 heavy (non-hydrogen) atoms. The second-order valence-electron chi connectivity index (χ2n) is 3.92. The van der Waals surface area contributed by atoms with Gasteiger partial charge in [0.1, 0.15) is 5.75 Å². The van der Waals surface area contributed by atoms with Gasteiger partial charge in [0, 0.05) is 0 Å². The lowest BCUT2D eigenvalue weighted by Gasteiger charge is -2.04. The van der Waals surface area contributed by atoms with E-state index < -0.39 is 0 Å². The molecule has 0 aliphatic carbocycles. The predicted molar refractivity (Wildman–Crippen MR) is 63.0 cm³/mol. The number of aromatic hydroxyl groups is 1. The van der Waals surface area contributed by atoms with Crippen molar-refractivity contribution in [2.75, 3.05) is 0 Å². The van der Waals surface area contributed by atoms with Gasteiger partial charge in [-0.15, -0.1) is 0 Å². The van der Waals surface area contributed by atoms with E-state index in [0.717, 1.165) is 16.7 Å². The summed E-state index contributed by atoms with van der Waals surface area (Å²) < 4.78 is 0. The summed E-state index contributed by atoms with van der Waals surface area (Å²) in [5.41, 5.74) is 4.52. The molecule has 0 radical (unpaired) electrons. The molecule has 0 saturated carbocycles. The number of hydrogen-bond donors (Lipinski definition) is 1. The van der Waals surface area contributed by atoms with Gasteiger partial charge in [0.25, 0.3) is 0 Å². The van der Waals surface area contributed by atoms with E-state index in [1.807, 2.05) is 6.92 Å². The van der Waals surface area contributed by atoms with Crippen LogP contribution in [0.15, 0.2) is 42.5 Å². The van der Waals surface area contributed by atoms with Crippen LogP contribution < -0.4 is 0 Å². The Morgan fingerprint density at radius 1 is 0.733 bits per heavy atom. The molecule has 0 aliphatic rings. The summed E-state index contributed by atoms with van der Waals surface area (Å²) in [5.74, 6) is 0.325. The van der Waals surface area contributed by atoms with E-state index in [4.69, 9.17) is 0 Å². The minimum atomic E-state index is 0.325. The largest absolute Gasteiger partial charge is 0.508 e. The third kappa shape index (κ3) is 2.18. The summed E-state index contributed by atoms with van der Waals surface area (Å²) in [7, 11) is 0. The molecule has 0 unspecified atom stereocenters. The fourth-order valence-electron chi connectivity index (χ4n) is 1.68. The van der Waals surface area contributed by atoms with E-state index in [9.17, 15) is 5.11 Å². The Morgan fingerprint density at radius 3 is 2.00 bits per heavy atom. The van der Waals surface area contributed by atoms with Gasteiger partial charge >= 0.3 is 0 Å². The smallest absolute Gasteiger partial charge is 0.116 e. The molecule has 76 valence electrons. The normalized spacial score (nSPS) is 10.3. The number of aryl methyl sites for hydroxylation is 2. The molecule has 0 saturated heterocycles. The van der Waals surface area contributed by atoms with Gasteiger partial charge in [0.15, 0.2) is 0 Å². The zero-order valence-electron chi connectivity index (χ0n) is 8.99. The molecule has 0 heterocycles. The fourth-order valence-corrected chi connectivity index (χ4v) is 1.68. The molecule has 2 rings (SSSR count). The minimum Gasteiger partial charge on any atom is -0.508 e. The van der Waals surface area contributed by atoms with E-state index in [0.29, 0.717) is 5.75 Å². The Hall–Kier alpha value is -1.76. The number of hydrogen-bond acceptors (Lipinski definition) is 1. The van der Waals surface area contributed by atoms with Crippen LogP contribution in [0.25, 0.3) is 11.1 Å². The standard InChI is InChI=1S/C14H14O/c1-10-3-5-12(6-4-10)13-7-11(2)8-14(15)9-13/h3-9,15H,1-2H3. The van der Waals surface area contributed by atoms with Gasteiger partial charge in [-0.1, -0.05) is 35.9 Å². The highest BCUT2D eigenvalue weighted by molar-refractivity contribution is 5.66. The SMILES string of the molecule is Cc1ccc(-c2cc(C)cc(O)c2)cc1. The van der Waals surface area contributed by atoms with Gasteiger partial charge in [0.05, 0.1) is 0 Å².